The van der Waals surface area contributed by atoms with Crippen molar-refractivity contribution in [1.29, 1.82) is 0 Å². The molecule has 2 unspecified atom stereocenters. The second-order valence-electron chi connectivity index (χ2n) is 5.40. The molecule has 2 N–H and O–H groups in total. The van der Waals surface area contributed by atoms with E-state index in [1.54, 1.807) is 0 Å². The Bertz CT molecular complexity index is 440. The van der Waals surface area contributed by atoms with Crippen molar-refractivity contribution in [3.8, 4) is 0 Å². The van der Waals surface area contributed by atoms with Gasteiger partial charge in [-0.2, -0.15) is 5.10 Å². The van der Waals surface area contributed by atoms with Crippen LogP contribution in [0.25, 0.3) is 0 Å². The molecule has 1 saturated heterocycles. The number of hydrogen-bond acceptors (Lipinski definition) is 4. The summed E-state index contributed by atoms with van der Waals surface area (Å²) in [5.74, 6) is 1.08. The van der Waals surface area contributed by atoms with Gasteiger partial charge in [0.2, 0.25) is 0 Å². The van der Waals surface area contributed by atoms with Gasteiger partial charge in [0.25, 0.3) is 0 Å². The molecule has 2 atom stereocenters. The lowest BCUT2D eigenvalue weighted by Crippen LogP contribution is -2.53. The minimum absolute atomic E-state index is 0.377. The van der Waals surface area contributed by atoms with Crippen LogP contribution in [0.4, 0.5) is 11.5 Å². The Hall–Kier alpha value is -1.23. The van der Waals surface area contributed by atoms with E-state index in [2.05, 4.69) is 10.00 Å². The van der Waals surface area contributed by atoms with E-state index in [1.165, 1.54) is 25.7 Å². The van der Waals surface area contributed by atoms with Gasteiger partial charge < -0.3 is 15.4 Å². The van der Waals surface area contributed by atoms with Crippen molar-refractivity contribution in [1.82, 2.24) is 9.78 Å². The Balaban J connectivity index is 1.94. The summed E-state index contributed by atoms with van der Waals surface area (Å²) in [5, 5.41) is 4.43. The first kappa shape index (κ1) is 11.8. The van der Waals surface area contributed by atoms with Gasteiger partial charge in [0, 0.05) is 13.6 Å². The topological polar surface area (TPSA) is 56.3 Å². The Kier molecular flexibility index (Phi) is 2.93. The molecule has 1 aromatic heterocycles. The third-order valence-electron chi connectivity index (χ3n) is 4.24. The third kappa shape index (κ3) is 1.77. The van der Waals surface area contributed by atoms with Crippen molar-refractivity contribution < 1.29 is 4.74 Å². The summed E-state index contributed by atoms with van der Waals surface area (Å²) in [6.07, 6.45) is 5.33. The quantitative estimate of drug-likeness (QED) is 0.820. The van der Waals surface area contributed by atoms with Crippen LogP contribution in [-0.2, 0) is 11.8 Å². The first-order valence-electron chi connectivity index (χ1n) is 6.86. The Labute approximate surface area is 108 Å². The van der Waals surface area contributed by atoms with Gasteiger partial charge in [-0.1, -0.05) is 12.8 Å². The van der Waals surface area contributed by atoms with Crippen molar-refractivity contribution in [3.05, 3.63) is 5.69 Å². The summed E-state index contributed by atoms with van der Waals surface area (Å²) in [6, 6.07) is 0.476. The molecule has 0 bridgehead atoms. The summed E-state index contributed by atoms with van der Waals surface area (Å²) in [7, 11) is 1.98. The van der Waals surface area contributed by atoms with Crippen LogP contribution < -0.4 is 10.6 Å². The average molecular weight is 250 g/mol. The van der Waals surface area contributed by atoms with Crippen LogP contribution >= 0.6 is 0 Å². The highest BCUT2D eigenvalue weighted by molar-refractivity contribution is 5.66. The van der Waals surface area contributed by atoms with Crippen LogP contribution in [0.15, 0.2) is 0 Å². The zero-order valence-corrected chi connectivity index (χ0v) is 11.2. The molecule has 2 aliphatic rings. The molecule has 100 valence electrons. The second kappa shape index (κ2) is 4.46. The van der Waals surface area contributed by atoms with Gasteiger partial charge in [0.05, 0.1) is 30.1 Å². The van der Waals surface area contributed by atoms with Gasteiger partial charge in [-0.15, -0.1) is 0 Å². The van der Waals surface area contributed by atoms with E-state index in [0.717, 1.165) is 30.4 Å². The second-order valence-corrected chi connectivity index (χ2v) is 5.40. The predicted octanol–water partition coefficient (Wildman–Crippen LogP) is 1.46. The van der Waals surface area contributed by atoms with E-state index in [9.17, 15) is 0 Å². The molecule has 2 fully saturated rings. The first-order valence-corrected chi connectivity index (χ1v) is 6.86. The number of anilines is 2. The molecular weight excluding hydrogens is 228 g/mol. The van der Waals surface area contributed by atoms with Crippen molar-refractivity contribution in [2.45, 2.75) is 44.8 Å². The van der Waals surface area contributed by atoms with Crippen LogP contribution in [-0.4, -0.2) is 35.1 Å². The van der Waals surface area contributed by atoms with Crippen LogP contribution in [0, 0.1) is 6.92 Å². The number of hydrogen-bond donors (Lipinski definition) is 1. The molecule has 1 aliphatic heterocycles. The molecule has 1 aromatic rings. The summed E-state index contributed by atoms with van der Waals surface area (Å²) in [4.78, 5) is 2.42. The van der Waals surface area contributed by atoms with Gasteiger partial charge >= 0.3 is 0 Å². The smallest absolute Gasteiger partial charge is 0.150 e. The van der Waals surface area contributed by atoms with Crippen LogP contribution in [0.5, 0.6) is 0 Å². The SMILES string of the molecule is Cc1nn(C)c(N2CCOC3CCCCC32)c1N. The number of fused-ring (bicyclic) bond motifs is 1. The van der Waals surface area contributed by atoms with Crippen LogP contribution in [0.3, 0.4) is 0 Å². The Morgan fingerprint density at radius 2 is 2.11 bits per heavy atom. The van der Waals surface area contributed by atoms with Crippen molar-refractivity contribution >= 4 is 11.5 Å². The van der Waals surface area contributed by atoms with Gasteiger partial charge in [0.1, 0.15) is 0 Å². The summed E-state index contributed by atoms with van der Waals surface area (Å²) >= 11 is 0. The molecule has 1 saturated carbocycles. The largest absolute Gasteiger partial charge is 0.394 e. The van der Waals surface area contributed by atoms with Gasteiger partial charge in [0.15, 0.2) is 5.82 Å². The highest BCUT2D eigenvalue weighted by Crippen LogP contribution is 2.35. The number of rotatable bonds is 1. The molecule has 18 heavy (non-hydrogen) atoms. The molecule has 3 rings (SSSR count). The number of nitrogen functional groups attached to an aromatic ring is 1. The maximum Gasteiger partial charge on any atom is 0.150 e. The lowest BCUT2D eigenvalue weighted by Gasteiger charge is -2.44. The molecule has 0 spiro atoms. The zero-order valence-electron chi connectivity index (χ0n) is 11.2. The fraction of sp³-hybridized carbons (Fsp3) is 0.769. The molecule has 5 nitrogen and oxygen atoms in total. The lowest BCUT2D eigenvalue weighted by atomic mass is 9.90. The number of ether oxygens (including phenoxy) is 1. The first-order chi connectivity index (χ1) is 8.68. The number of aryl methyl sites for hydroxylation is 2. The van der Waals surface area contributed by atoms with Crippen molar-refractivity contribution in [2.75, 3.05) is 23.8 Å². The van der Waals surface area contributed by atoms with Crippen LogP contribution in [0.1, 0.15) is 31.4 Å². The minimum Gasteiger partial charge on any atom is -0.394 e. The molecule has 1 aliphatic carbocycles. The molecule has 0 amide bonds. The number of nitrogens with two attached hydrogens (primary N) is 1. The predicted molar refractivity (Wildman–Crippen MR) is 71.7 cm³/mol. The number of morpholine rings is 1. The summed E-state index contributed by atoms with van der Waals surface area (Å²) in [5.41, 5.74) is 7.94. The van der Waals surface area contributed by atoms with E-state index >= 15 is 0 Å². The Morgan fingerprint density at radius 3 is 2.83 bits per heavy atom. The van der Waals surface area contributed by atoms with E-state index in [4.69, 9.17) is 10.5 Å². The maximum absolute atomic E-state index is 6.19. The molecular formula is C13H22N4O. The van der Waals surface area contributed by atoms with Gasteiger partial charge in [-0.05, 0) is 19.8 Å². The van der Waals surface area contributed by atoms with Gasteiger partial charge in [-0.25, -0.2) is 0 Å². The molecule has 0 radical (unpaired) electrons. The van der Waals surface area contributed by atoms with E-state index < -0.39 is 0 Å². The normalized spacial score (nSPS) is 28.2. The van der Waals surface area contributed by atoms with E-state index in [-0.39, 0.29) is 0 Å². The lowest BCUT2D eigenvalue weighted by molar-refractivity contribution is -0.00918. The minimum atomic E-state index is 0.377. The number of nitrogens with zero attached hydrogens (tertiary/aromatic N) is 3. The fourth-order valence-electron chi connectivity index (χ4n) is 3.36. The highest BCUT2D eigenvalue weighted by Gasteiger charge is 2.36. The highest BCUT2D eigenvalue weighted by atomic mass is 16.5. The summed E-state index contributed by atoms with van der Waals surface area (Å²) in [6.45, 7) is 3.69. The average Bonchev–Trinajstić information content (AvgIpc) is 2.63. The van der Waals surface area contributed by atoms with Gasteiger partial charge in [-0.3, -0.25) is 4.68 Å². The maximum atomic E-state index is 6.19. The zero-order chi connectivity index (χ0) is 12.7. The molecule has 5 heteroatoms. The Morgan fingerprint density at radius 1 is 1.33 bits per heavy atom. The van der Waals surface area contributed by atoms with E-state index in [1.807, 2.05) is 18.7 Å². The monoisotopic (exact) mass is 250 g/mol. The standard InChI is InChI=1S/C13H22N4O/c1-9-12(14)13(16(2)15-9)17-7-8-18-11-6-4-3-5-10(11)17/h10-11H,3-8,14H2,1-2H3. The molecule has 2 heterocycles. The third-order valence-corrected chi connectivity index (χ3v) is 4.24. The van der Waals surface area contributed by atoms with Crippen LogP contribution in [0.2, 0.25) is 0 Å². The van der Waals surface area contributed by atoms with Crippen molar-refractivity contribution in [2.24, 2.45) is 7.05 Å². The molecule has 0 aromatic carbocycles. The number of aromatic nitrogens is 2. The fourth-order valence-corrected chi connectivity index (χ4v) is 3.36. The van der Waals surface area contributed by atoms with Crippen molar-refractivity contribution in [3.63, 3.8) is 0 Å². The van der Waals surface area contributed by atoms with E-state index in [0.29, 0.717) is 12.1 Å². The summed E-state index contributed by atoms with van der Waals surface area (Å²) < 4.78 is 7.83.